The van der Waals surface area contributed by atoms with Crippen molar-refractivity contribution >= 4 is 22.8 Å². The minimum Gasteiger partial charge on any atom is -0.497 e. The minimum atomic E-state index is -0.786. The molecule has 1 fully saturated rings. The summed E-state index contributed by atoms with van der Waals surface area (Å²) < 4.78 is 7.12. The third kappa shape index (κ3) is 4.18. The second kappa shape index (κ2) is 7.81. The molecule has 3 rings (SSSR count). The van der Waals surface area contributed by atoms with Crippen molar-refractivity contribution in [3.05, 3.63) is 30.5 Å². The number of carboxylic acid groups (broad SMARTS) is 1. The molecule has 1 aliphatic carbocycles. The average molecular weight is 358 g/mol. The Morgan fingerprint density at radius 3 is 2.69 bits per heavy atom. The van der Waals surface area contributed by atoms with Crippen LogP contribution in [-0.4, -0.2) is 35.2 Å². The van der Waals surface area contributed by atoms with Crippen LogP contribution in [-0.2, 0) is 16.1 Å². The van der Waals surface area contributed by atoms with Crippen LogP contribution in [0.5, 0.6) is 5.75 Å². The van der Waals surface area contributed by atoms with Gasteiger partial charge in [-0.05, 0) is 42.5 Å². The zero-order chi connectivity index (χ0) is 18.6. The van der Waals surface area contributed by atoms with Crippen LogP contribution >= 0.6 is 0 Å². The first-order chi connectivity index (χ1) is 12.5. The maximum absolute atomic E-state index is 12.4. The summed E-state index contributed by atoms with van der Waals surface area (Å²) in [4.78, 5) is 23.7. The van der Waals surface area contributed by atoms with Crippen molar-refractivity contribution in [2.75, 3.05) is 13.7 Å². The van der Waals surface area contributed by atoms with Crippen LogP contribution in [0.1, 0.15) is 38.5 Å². The van der Waals surface area contributed by atoms with Gasteiger partial charge in [0.15, 0.2) is 0 Å². The molecule has 140 valence electrons. The summed E-state index contributed by atoms with van der Waals surface area (Å²) in [6.07, 6.45) is 6.96. The number of amides is 1. The van der Waals surface area contributed by atoms with Crippen molar-refractivity contribution in [2.45, 2.75) is 45.1 Å². The van der Waals surface area contributed by atoms with E-state index in [1.54, 1.807) is 7.11 Å². The molecule has 0 bridgehead atoms. The fourth-order valence-electron chi connectivity index (χ4n) is 3.98. The lowest BCUT2D eigenvalue weighted by Crippen LogP contribution is -2.41. The number of fused-ring (bicyclic) bond motifs is 1. The predicted molar refractivity (Wildman–Crippen MR) is 99.3 cm³/mol. The molecule has 0 atom stereocenters. The number of carbonyl (C=O) groups excluding carboxylic acids is 1. The highest BCUT2D eigenvalue weighted by atomic mass is 16.5. The van der Waals surface area contributed by atoms with E-state index in [9.17, 15) is 14.7 Å². The Hall–Kier alpha value is -2.50. The molecule has 0 saturated heterocycles. The van der Waals surface area contributed by atoms with Gasteiger partial charge in [0.2, 0.25) is 5.91 Å². The molecule has 1 saturated carbocycles. The molecular formula is C20H26N2O4. The number of ether oxygens (including phenoxy) is 1. The summed E-state index contributed by atoms with van der Waals surface area (Å²) in [5.41, 5.74) is 0.671. The van der Waals surface area contributed by atoms with Gasteiger partial charge in [0.25, 0.3) is 0 Å². The molecule has 0 unspecified atom stereocenters. The van der Waals surface area contributed by atoms with Crippen molar-refractivity contribution in [3.63, 3.8) is 0 Å². The number of benzene rings is 1. The van der Waals surface area contributed by atoms with E-state index in [0.717, 1.165) is 48.8 Å². The summed E-state index contributed by atoms with van der Waals surface area (Å²) in [6.45, 7) is 0.657. The fourth-order valence-corrected chi connectivity index (χ4v) is 3.98. The first-order valence-electron chi connectivity index (χ1n) is 9.13. The number of hydrogen-bond donors (Lipinski definition) is 2. The van der Waals surface area contributed by atoms with Crippen molar-refractivity contribution in [1.82, 2.24) is 9.88 Å². The lowest BCUT2D eigenvalue weighted by Gasteiger charge is -2.36. The van der Waals surface area contributed by atoms with Gasteiger partial charge in [-0.2, -0.15) is 0 Å². The second-order valence-corrected chi connectivity index (χ2v) is 7.28. The Labute approximate surface area is 153 Å². The average Bonchev–Trinajstić information content (AvgIpc) is 3.02. The zero-order valence-corrected chi connectivity index (χ0v) is 15.2. The predicted octanol–water partition coefficient (Wildman–Crippen LogP) is 3.19. The SMILES string of the molecule is COc1ccc2c(ccn2CC(=O)NCC2(CC(=O)O)CCCCC2)c1. The molecule has 2 N–H and O–H groups in total. The van der Waals surface area contributed by atoms with Gasteiger partial charge in [-0.15, -0.1) is 0 Å². The molecule has 0 aliphatic heterocycles. The van der Waals surface area contributed by atoms with Gasteiger partial charge < -0.3 is 19.7 Å². The molecule has 1 aromatic carbocycles. The molecule has 1 amide bonds. The Bertz CT molecular complexity index is 790. The molecule has 6 nitrogen and oxygen atoms in total. The van der Waals surface area contributed by atoms with E-state index in [1.807, 2.05) is 35.0 Å². The molecule has 2 aromatic rings. The summed E-state index contributed by atoms with van der Waals surface area (Å²) in [6, 6.07) is 7.71. The van der Waals surface area contributed by atoms with E-state index in [-0.39, 0.29) is 24.3 Å². The standard InChI is InChI=1S/C20H26N2O4/c1-26-16-5-6-17-15(11-16)7-10-22(17)13-18(23)21-14-20(12-19(24)25)8-3-2-4-9-20/h5-7,10-11H,2-4,8-9,12-14H2,1H3,(H,21,23)(H,24,25). The lowest BCUT2D eigenvalue weighted by atomic mass is 9.71. The van der Waals surface area contributed by atoms with Crippen LogP contribution in [0.4, 0.5) is 0 Å². The Morgan fingerprint density at radius 2 is 2.00 bits per heavy atom. The molecule has 0 radical (unpaired) electrons. The van der Waals surface area contributed by atoms with Gasteiger partial charge in [-0.3, -0.25) is 9.59 Å². The number of carbonyl (C=O) groups is 2. The van der Waals surface area contributed by atoms with Crippen molar-refractivity contribution in [2.24, 2.45) is 5.41 Å². The number of carboxylic acids is 1. The summed E-state index contributed by atoms with van der Waals surface area (Å²) in [7, 11) is 1.63. The number of aromatic nitrogens is 1. The fraction of sp³-hybridized carbons (Fsp3) is 0.500. The molecule has 26 heavy (non-hydrogen) atoms. The first-order valence-corrected chi connectivity index (χ1v) is 9.13. The van der Waals surface area contributed by atoms with Gasteiger partial charge in [0.05, 0.1) is 13.5 Å². The van der Waals surface area contributed by atoms with E-state index in [4.69, 9.17) is 4.74 Å². The molecular weight excluding hydrogens is 332 g/mol. The minimum absolute atomic E-state index is 0.0892. The van der Waals surface area contributed by atoms with E-state index in [0.29, 0.717) is 6.54 Å². The van der Waals surface area contributed by atoms with Crippen LogP contribution in [0.2, 0.25) is 0 Å². The maximum Gasteiger partial charge on any atom is 0.303 e. The normalized spacial score (nSPS) is 16.3. The van der Waals surface area contributed by atoms with E-state index >= 15 is 0 Å². The van der Waals surface area contributed by atoms with Gasteiger partial charge in [-0.25, -0.2) is 0 Å². The van der Waals surface area contributed by atoms with Crippen molar-refractivity contribution in [1.29, 1.82) is 0 Å². The number of aliphatic carboxylic acids is 1. The van der Waals surface area contributed by atoms with Gasteiger partial charge in [-0.1, -0.05) is 19.3 Å². The third-order valence-electron chi connectivity index (χ3n) is 5.39. The van der Waals surface area contributed by atoms with Crippen LogP contribution in [0.25, 0.3) is 10.9 Å². The Balaban J connectivity index is 1.64. The summed E-state index contributed by atoms with van der Waals surface area (Å²) in [5.74, 6) is -0.0900. The smallest absolute Gasteiger partial charge is 0.303 e. The quantitative estimate of drug-likeness (QED) is 0.796. The van der Waals surface area contributed by atoms with Gasteiger partial charge in [0.1, 0.15) is 12.3 Å². The monoisotopic (exact) mass is 358 g/mol. The highest BCUT2D eigenvalue weighted by molar-refractivity contribution is 5.84. The van der Waals surface area contributed by atoms with Crippen molar-refractivity contribution < 1.29 is 19.4 Å². The number of hydrogen-bond acceptors (Lipinski definition) is 3. The molecule has 1 aliphatic rings. The Morgan fingerprint density at radius 1 is 1.23 bits per heavy atom. The number of methoxy groups -OCH3 is 1. The maximum atomic E-state index is 12.4. The van der Waals surface area contributed by atoms with E-state index in [1.165, 1.54) is 0 Å². The molecule has 1 aromatic heterocycles. The highest BCUT2D eigenvalue weighted by Gasteiger charge is 2.34. The zero-order valence-electron chi connectivity index (χ0n) is 15.2. The first kappa shape index (κ1) is 18.3. The molecule has 0 spiro atoms. The van der Waals surface area contributed by atoms with E-state index in [2.05, 4.69) is 5.32 Å². The second-order valence-electron chi connectivity index (χ2n) is 7.28. The van der Waals surface area contributed by atoms with Crippen LogP contribution in [0.15, 0.2) is 30.5 Å². The van der Waals surface area contributed by atoms with Crippen LogP contribution in [0, 0.1) is 5.41 Å². The number of rotatable bonds is 7. The molecule has 6 heteroatoms. The topological polar surface area (TPSA) is 80.6 Å². The largest absolute Gasteiger partial charge is 0.497 e. The highest BCUT2D eigenvalue weighted by Crippen LogP contribution is 2.38. The van der Waals surface area contributed by atoms with Gasteiger partial charge in [0, 0.05) is 23.6 Å². The number of nitrogens with one attached hydrogen (secondary N) is 1. The van der Waals surface area contributed by atoms with Crippen LogP contribution in [0.3, 0.4) is 0 Å². The van der Waals surface area contributed by atoms with E-state index < -0.39 is 5.97 Å². The molecule has 1 heterocycles. The van der Waals surface area contributed by atoms with Crippen molar-refractivity contribution in [3.8, 4) is 5.75 Å². The summed E-state index contributed by atoms with van der Waals surface area (Å²) in [5, 5.41) is 13.2. The van der Waals surface area contributed by atoms with Crippen LogP contribution < -0.4 is 10.1 Å². The Kier molecular flexibility index (Phi) is 5.49. The lowest BCUT2D eigenvalue weighted by molar-refractivity contribution is -0.140. The third-order valence-corrected chi connectivity index (χ3v) is 5.39. The number of nitrogens with zero attached hydrogens (tertiary/aromatic N) is 1. The summed E-state index contributed by atoms with van der Waals surface area (Å²) >= 11 is 0. The van der Waals surface area contributed by atoms with Gasteiger partial charge >= 0.3 is 5.97 Å².